The van der Waals surface area contributed by atoms with Crippen LogP contribution in [0.1, 0.15) is 15.9 Å². The van der Waals surface area contributed by atoms with Gasteiger partial charge in [0, 0.05) is 18.9 Å². The molecule has 0 fully saturated rings. The average molecular weight is 348 g/mol. The summed E-state index contributed by atoms with van der Waals surface area (Å²) in [6, 6.07) is 12.6. The maximum atomic E-state index is 11.2. The SMILES string of the molecule is COc1ccc(CNc2nc3ccc(C(=O)O)cc3n3ccnc23)cc1. The number of nitrogens with zero attached hydrogens (tertiary/aromatic N) is 3. The summed E-state index contributed by atoms with van der Waals surface area (Å²) >= 11 is 0. The first-order valence-electron chi connectivity index (χ1n) is 8.02. The minimum absolute atomic E-state index is 0.216. The average Bonchev–Trinajstić information content (AvgIpc) is 3.16. The van der Waals surface area contributed by atoms with Crippen LogP contribution >= 0.6 is 0 Å². The van der Waals surface area contributed by atoms with Gasteiger partial charge in [-0.1, -0.05) is 12.1 Å². The highest BCUT2D eigenvalue weighted by Crippen LogP contribution is 2.22. The molecule has 7 nitrogen and oxygen atoms in total. The van der Waals surface area contributed by atoms with E-state index in [0.29, 0.717) is 29.0 Å². The van der Waals surface area contributed by atoms with Crippen molar-refractivity contribution in [3.8, 4) is 5.75 Å². The lowest BCUT2D eigenvalue weighted by Gasteiger charge is -2.10. The van der Waals surface area contributed by atoms with E-state index in [0.717, 1.165) is 11.3 Å². The predicted molar refractivity (Wildman–Crippen MR) is 97.8 cm³/mol. The van der Waals surface area contributed by atoms with E-state index in [-0.39, 0.29) is 5.56 Å². The summed E-state index contributed by atoms with van der Waals surface area (Å²) in [5.41, 5.74) is 3.34. The number of carboxylic acids is 1. The van der Waals surface area contributed by atoms with Gasteiger partial charge in [0.15, 0.2) is 11.5 Å². The van der Waals surface area contributed by atoms with Crippen molar-refractivity contribution in [3.63, 3.8) is 0 Å². The molecule has 7 heteroatoms. The number of ether oxygens (including phenoxy) is 1. The van der Waals surface area contributed by atoms with Crippen LogP contribution in [-0.2, 0) is 6.54 Å². The quantitative estimate of drug-likeness (QED) is 0.576. The molecule has 4 rings (SSSR count). The number of carbonyl (C=O) groups is 1. The van der Waals surface area contributed by atoms with Gasteiger partial charge in [-0.3, -0.25) is 4.40 Å². The summed E-state index contributed by atoms with van der Waals surface area (Å²) < 4.78 is 7.00. The van der Waals surface area contributed by atoms with Gasteiger partial charge in [0.05, 0.1) is 23.7 Å². The van der Waals surface area contributed by atoms with Crippen molar-refractivity contribution in [3.05, 3.63) is 66.0 Å². The first kappa shape index (κ1) is 15.9. The van der Waals surface area contributed by atoms with Crippen LogP contribution in [-0.4, -0.2) is 32.6 Å². The number of methoxy groups -OCH3 is 1. The van der Waals surface area contributed by atoms with Gasteiger partial charge in [-0.25, -0.2) is 14.8 Å². The van der Waals surface area contributed by atoms with Crippen LogP contribution in [0.3, 0.4) is 0 Å². The number of aromatic nitrogens is 3. The van der Waals surface area contributed by atoms with Crippen molar-refractivity contribution in [1.29, 1.82) is 0 Å². The molecule has 0 bridgehead atoms. The van der Waals surface area contributed by atoms with Crippen molar-refractivity contribution in [2.24, 2.45) is 0 Å². The molecule has 26 heavy (non-hydrogen) atoms. The normalized spacial score (nSPS) is 11.0. The van der Waals surface area contributed by atoms with Gasteiger partial charge in [-0.05, 0) is 35.9 Å². The molecule has 0 radical (unpaired) electrons. The molecule has 2 N–H and O–H groups in total. The highest BCUT2D eigenvalue weighted by molar-refractivity contribution is 5.93. The third kappa shape index (κ3) is 2.79. The molecule has 0 saturated carbocycles. The van der Waals surface area contributed by atoms with E-state index < -0.39 is 5.97 Å². The molecule has 0 atom stereocenters. The lowest BCUT2D eigenvalue weighted by atomic mass is 10.2. The Morgan fingerprint density at radius 1 is 1.23 bits per heavy atom. The van der Waals surface area contributed by atoms with Gasteiger partial charge >= 0.3 is 5.97 Å². The smallest absolute Gasteiger partial charge is 0.335 e. The topological polar surface area (TPSA) is 88.8 Å². The van der Waals surface area contributed by atoms with Crippen molar-refractivity contribution in [2.45, 2.75) is 6.54 Å². The Labute approximate surface area is 148 Å². The maximum absolute atomic E-state index is 11.2. The van der Waals surface area contributed by atoms with Crippen LogP contribution in [0.4, 0.5) is 5.82 Å². The van der Waals surface area contributed by atoms with Crippen LogP contribution in [0.15, 0.2) is 54.9 Å². The zero-order chi connectivity index (χ0) is 18.1. The molecule has 0 spiro atoms. The number of rotatable bonds is 5. The van der Waals surface area contributed by atoms with Gasteiger partial charge in [0.1, 0.15) is 5.75 Å². The number of carboxylic acid groups (broad SMARTS) is 1. The monoisotopic (exact) mass is 348 g/mol. The largest absolute Gasteiger partial charge is 0.497 e. The number of hydrogen-bond donors (Lipinski definition) is 2. The Hall–Kier alpha value is -3.61. The zero-order valence-electron chi connectivity index (χ0n) is 14.0. The van der Waals surface area contributed by atoms with Crippen molar-refractivity contribution in [1.82, 2.24) is 14.4 Å². The van der Waals surface area contributed by atoms with E-state index in [1.165, 1.54) is 0 Å². The fourth-order valence-electron chi connectivity index (χ4n) is 2.84. The summed E-state index contributed by atoms with van der Waals surface area (Å²) in [5.74, 6) is 0.478. The molecule has 2 aromatic heterocycles. The molecule has 0 aliphatic rings. The molecule has 2 aromatic carbocycles. The number of fused-ring (bicyclic) bond motifs is 3. The zero-order valence-corrected chi connectivity index (χ0v) is 14.0. The number of imidazole rings is 1. The van der Waals surface area contributed by atoms with E-state index >= 15 is 0 Å². The van der Waals surface area contributed by atoms with Gasteiger partial charge in [-0.2, -0.15) is 0 Å². The fourth-order valence-corrected chi connectivity index (χ4v) is 2.84. The maximum Gasteiger partial charge on any atom is 0.335 e. The highest BCUT2D eigenvalue weighted by atomic mass is 16.5. The molecule has 130 valence electrons. The van der Waals surface area contributed by atoms with Crippen LogP contribution in [0.5, 0.6) is 5.75 Å². The minimum Gasteiger partial charge on any atom is -0.497 e. The van der Waals surface area contributed by atoms with Gasteiger partial charge in [0.25, 0.3) is 0 Å². The van der Waals surface area contributed by atoms with Crippen molar-refractivity contribution >= 4 is 28.5 Å². The van der Waals surface area contributed by atoms with Gasteiger partial charge < -0.3 is 15.2 Å². The van der Waals surface area contributed by atoms with Crippen LogP contribution in [0.2, 0.25) is 0 Å². The molecular weight excluding hydrogens is 332 g/mol. The van der Waals surface area contributed by atoms with Crippen LogP contribution in [0.25, 0.3) is 16.7 Å². The van der Waals surface area contributed by atoms with E-state index in [9.17, 15) is 9.90 Å². The summed E-state index contributed by atoms with van der Waals surface area (Å²) in [6.07, 6.45) is 3.46. The van der Waals surface area contributed by atoms with E-state index in [4.69, 9.17) is 4.74 Å². The summed E-state index contributed by atoms with van der Waals surface area (Å²) in [6.45, 7) is 0.582. The highest BCUT2D eigenvalue weighted by Gasteiger charge is 2.12. The molecule has 0 aliphatic carbocycles. The Balaban J connectivity index is 1.71. The minimum atomic E-state index is -0.970. The second-order valence-corrected chi connectivity index (χ2v) is 5.79. The molecular formula is C19H16N4O3. The van der Waals surface area contributed by atoms with Gasteiger partial charge in [-0.15, -0.1) is 0 Å². The third-order valence-corrected chi connectivity index (χ3v) is 4.19. The first-order chi connectivity index (χ1) is 12.7. The summed E-state index contributed by atoms with van der Waals surface area (Å²) in [7, 11) is 1.64. The summed E-state index contributed by atoms with van der Waals surface area (Å²) in [5, 5.41) is 12.5. The predicted octanol–water partition coefficient (Wildman–Crippen LogP) is 3.20. The van der Waals surface area contributed by atoms with E-state index in [2.05, 4.69) is 15.3 Å². The standard InChI is InChI=1S/C19H16N4O3/c1-26-14-5-2-12(3-6-14)11-21-17-18-20-8-9-23(18)16-10-13(19(24)25)4-7-15(16)22-17/h2-10H,11H2,1H3,(H,21,22)(H,24,25). The van der Waals surface area contributed by atoms with Crippen molar-refractivity contribution in [2.75, 3.05) is 12.4 Å². The molecule has 0 saturated heterocycles. The second kappa shape index (κ2) is 6.36. The molecule has 4 aromatic rings. The molecule has 0 amide bonds. The molecule has 0 aliphatic heterocycles. The number of anilines is 1. The van der Waals surface area contributed by atoms with E-state index in [1.54, 1.807) is 37.7 Å². The lowest BCUT2D eigenvalue weighted by molar-refractivity contribution is 0.0697. The lowest BCUT2D eigenvalue weighted by Crippen LogP contribution is -2.05. The number of hydrogen-bond acceptors (Lipinski definition) is 5. The first-order valence-corrected chi connectivity index (χ1v) is 8.02. The number of nitrogens with one attached hydrogen (secondary N) is 1. The third-order valence-electron chi connectivity index (χ3n) is 4.19. The van der Waals surface area contributed by atoms with Gasteiger partial charge in [0.2, 0.25) is 0 Å². The Bertz CT molecular complexity index is 1100. The number of aromatic carboxylic acids is 1. The Kier molecular flexibility index (Phi) is 3.89. The molecule has 2 heterocycles. The van der Waals surface area contributed by atoms with Crippen LogP contribution in [0, 0.1) is 0 Å². The Morgan fingerprint density at radius 2 is 2.04 bits per heavy atom. The second-order valence-electron chi connectivity index (χ2n) is 5.79. The number of benzene rings is 2. The van der Waals surface area contributed by atoms with Crippen molar-refractivity contribution < 1.29 is 14.6 Å². The van der Waals surface area contributed by atoms with Crippen LogP contribution < -0.4 is 10.1 Å². The molecule has 0 unspecified atom stereocenters. The summed E-state index contributed by atoms with van der Waals surface area (Å²) in [4.78, 5) is 20.2. The fraction of sp³-hybridized carbons (Fsp3) is 0.105. The Morgan fingerprint density at radius 3 is 2.77 bits per heavy atom. The van der Waals surface area contributed by atoms with E-state index in [1.807, 2.05) is 28.7 Å².